The molecule has 96 valence electrons. The first kappa shape index (κ1) is 12.9. The highest BCUT2D eigenvalue weighted by atomic mass is 79.9. The van der Waals surface area contributed by atoms with E-state index in [2.05, 4.69) is 33.3 Å². The highest BCUT2D eigenvalue weighted by Crippen LogP contribution is 2.17. The second-order valence-corrected chi connectivity index (χ2v) is 4.93. The van der Waals surface area contributed by atoms with Gasteiger partial charge >= 0.3 is 0 Å². The molecule has 0 spiro atoms. The van der Waals surface area contributed by atoms with Gasteiger partial charge in [0.25, 0.3) is 5.91 Å². The highest BCUT2D eigenvalue weighted by molar-refractivity contribution is 9.10. The third kappa shape index (κ3) is 2.81. The zero-order valence-electron chi connectivity index (χ0n) is 10.2. The number of carbonyl (C=O) groups is 1. The van der Waals surface area contributed by atoms with Crippen molar-refractivity contribution < 1.29 is 9.32 Å². The molecule has 18 heavy (non-hydrogen) atoms. The van der Waals surface area contributed by atoms with E-state index in [1.165, 1.54) is 0 Å². The summed E-state index contributed by atoms with van der Waals surface area (Å²) in [5.74, 6) is 0.899. The van der Waals surface area contributed by atoms with E-state index in [1.807, 2.05) is 10.8 Å². The molecule has 0 radical (unpaired) electrons. The molecular weight excluding hydrogens is 298 g/mol. The van der Waals surface area contributed by atoms with Gasteiger partial charge in [0.15, 0.2) is 5.82 Å². The predicted molar refractivity (Wildman–Crippen MR) is 71.6 cm³/mol. The number of rotatable bonds is 4. The Kier molecular flexibility index (Phi) is 3.86. The molecule has 0 atom stereocenters. The minimum absolute atomic E-state index is 0.192. The SMILES string of the molecule is CCCn1cc(Br)cc1C(=O)Nc1cc(C)on1. The first-order valence-electron chi connectivity index (χ1n) is 5.70. The summed E-state index contributed by atoms with van der Waals surface area (Å²) in [6.45, 7) is 4.64. The Labute approximate surface area is 113 Å². The number of hydrogen-bond acceptors (Lipinski definition) is 3. The summed E-state index contributed by atoms with van der Waals surface area (Å²) >= 11 is 3.38. The number of aryl methyl sites for hydroxylation is 2. The van der Waals surface area contributed by atoms with Gasteiger partial charge in [-0.05, 0) is 35.3 Å². The van der Waals surface area contributed by atoms with Crippen LogP contribution >= 0.6 is 15.9 Å². The number of nitrogens with zero attached hydrogens (tertiary/aromatic N) is 2. The molecule has 1 N–H and O–H groups in total. The van der Waals surface area contributed by atoms with Crippen LogP contribution < -0.4 is 5.32 Å². The summed E-state index contributed by atoms with van der Waals surface area (Å²) < 4.78 is 7.70. The van der Waals surface area contributed by atoms with E-state index in [0.717, 1.165) is 17.4 Å². The molecule has 0 bridgehead atoms. The van der Waals surface area contributed by atoms with Gasteiger partial charge in [0.2, 0.25) is 0 Å². The van der Waals surface area contributed by atoms with Gasteiger partial charge in [0, 0.05) is 23.3 Å². The van der Waals surface area contributed by atoms with Gasteiger partial charge in [-0.3, -0.25) is 4.79 Å². The molecular formula is C12H14BrN3O2. The fourth-order valence-electron chi connectivity index (χ4n) is 1.70. The van der Waals surface area contributed by atoms with E-state index in [1.54, 1.807) is 19.1 Å². The number of amides is 1. The van der Waals surface area contributed by atoms with Crippen LogP contribution in [0.3, 0.4) is 0 Å². The Morgan fingerprint density at radius 2 is 2.33 bits per heavy atom. The normalized spacial score (nSPS) is 10.6. The summed E-state index contributed by atoms with van der Waals surface area (Å²) in [5, 5.41) is 6.44. The van der Waals surface area contributed by atoms with Crippen molar-refractivity contribution in [2.45, 2.75) is 26.8 Å². The number of halogens is 1. The maximum absolute atomic E-state index is 12.1. The third-order valence-corrected chi connectivity index (χ3v) is 2.86. The van der Waals surface area contributed by atoms with Crippen LogP contribution in [-0.2, 0) is 6.54 Å². The monoisotopic (exact) mass is 311 g/mol. The summed E-state index contributed by atoms with van der Waals surface area (Å²) in [5.41, 5.74) is 0.601. The Morgan fingerprint density at radius 1 is 1.56 bits per heavy atom. The smallest absolute Gasteiger partial charge is 0.273 e. The van der Waals surface area contributed by atoms with Gasteiger partial charge in [-0.15, -0.1) is 0 Å². The number of anilines is 1. The molecule has 6 heteroatoms. The molecule has 0 aliphatic carbocycles. The molecule has 1 amide bonds. The molecule has 2 aromatic rings. The average Bonchev–Trinajstić information content (AvgIpc) is 2.86. The van der Waals surface area contributed by atoms with Gasteiger partial charge in [0.05, 0.1) is 0 Å². The maximum atomic E-state index is 12.1. The molecule has 0 aliphatic heterocycles. The average molecular weight is 312 g/mol. The largest absolute Gasteiger partial charge is 0.360 e. The second-order valence-electron chi connectivity index (χ2n) is 4.01. The standard InChI is InChI=1S/C12H14BrN3O2/c1-3-4-16-7-9(13)6-10(16)12(17)14-11-5-8(2)18-15-11/h5-7H,3-4H2,1-2H3,(H,14,15,17). The molecule has 0 fully saturated rings. The Bertz CT molecular complexity index is 559. The Hall–Kier alpha value is -1.56. The van der Waals surface area contributed by atoms with Crippen molar-refractivity contribution in [2.24, 2.45) is 0 Å². The molecule has 0 aromatic carbocycles. The summed E-state index contributed by atoms with van der Waals surface area (Å²) in [6, 6.07) is 3.47. The fraction of sp³-hybridized carbons (Fsp3) is 0.333. The zero-order chi connectivity index (χ0) is 13.1. The third-order valence-electron chi connectivity index (χ3n) is 2.43. The topological polar surface area (TPSA) is 60.1 Å². The molecule has 0 saturated heterocycles. The summed E-state index contributed by atoms with van der Waals surface area (Å²) in [7, 11) is 0. The van der Waals surface area contributed by atoms with E-state index in [4.69, 9.17) is 4.52 Å². The van der Waals surface area contributed by atoms with Crippen molar-refractivity contribution in [1.29, 1.82) is 0 Å². The quantitative estimate of drug-likeness (QED) is 0.943. The first-order valence-corrected chi connectivity index (χ1v) is 6.49. The fourth-order valence-corrected chi connectivity index (χ4v) is 2.16. The lowest BCUT2D eigenvalue weighted by molar-refractivity contribution is 0.101. The van der Waals surface area contributed by atoms with E-state index in [-0.39, 0.29) is 5.91 Å². The first-order chi connectivity index (χ1) is 8.60. The summed E-state index contributed by atoms with van der Waals surface area (Å²) in [6.07, 6.45) is 2.86. The highest BCUT2D eigenvalue weighted by Gasteiger charge is 2.14. The lowest BCUT2D eigenvalue weighted by Crippen LogP contribution is -2.16. The van der Waals surface area contributed by atoms with Crippen LogP contribution in [0.15, 0.2) is 27.3 Å². The second kappa shape index (κ2) is 5.39. The van der Waals surface area contributed by atoms with E-state index in [9.17, 15) is 4.79 Å². The van der Waals surface area contributed by atoms with Gasteiger partial charge < -0.3 is 14.4 Å². The predicted octanol–water partition coefficient (Wildman–Crippen LogP) is 3.21. The van der Waals surface area contributed by atoms with E-state index < -0.39 is 0 Å². The van der Waals surface area contributed by atoms with Crippen molar-refractivity contribution in [2.75, 3.05) is 5.32 Å². The summed E-state index contributed by atoms with van der Waals surface area (Å²) in [4.78, 5) is 12.1. The van der Waals surface area contributed by atoms with Crippen LogP contribution in [0.5, 0.6) is 0 Å². The zero-order valence-corrected chi connectivity index (χ0v) is 11.8. The number of aromatic nitrogens is 2. The van der Waals surface area contributed by atoms with Crippen LogP contribution in [0.1, 0.15) is 29.6 Å². The number of carbonyl (C=O) groups excluding carboxylic acids is 1. The molecule has 5 nitrogen and oxygen atoms in total. The molecule has 2 heterocycles. The number of hydrogen-bond donors (Lipinski definition) is 1. The van der Waals surface area contributed by atoms with E-state index in [0.29, 0.717) is 17.3 Å². The Morgan fingerprint density at radius 3 is 2.94 bits per heavy atom. The lowest BCUT2D eigenvalue weighted by atomic mass is 10.3. The van der Waals surface area contributed by atoms with Crippen molar-refractivity contribution in [3.63, 3.8) is 0 Å². The lowest BCUT2D eigenvalue weighted by Gasteiger charge is -2.06. The van der Waals surface area contributed by atoms with Gasteiger partial charge in [0.1, 0.15) is 11.5 Å². The van der Waals surface area contributed by atoms with Crippen molar-refractivity contribution >= 4 is 27.7 Å². The van der Waals surface area contributed by atoms with Crippen molar-refractivity contribution in [3.8, 4) is 0 Å². The van der Waals surface area contributed by atoms with Crippen LogP contribution in [0.4, 0.5) is 5.82 Å². The molecule has 0 unspecified atom stereocenters. The van der Waals surface area contributed by atoms with Crippen LogP contribution in [-0.4, -0.2) is 15.6 Å². The molecule has 0 aliphatic rings. The van der Waals surface area contributed by atoms with Crippen LogP contribution in [0, 0.1) is 6.92 Å². The minimum atomic E-state index is -0.192. The molecule has 2 aromatic heterocycles. The van der Waals surface area contributed by atoms with Crippen LogP contribution in [0.25, 0.3) is 0 Å². The van der Waals surface area contributed by atoms with Crippen molar-refractivity contribution in [1.82, 2.24) is 9.72 Å². The van der Waals surface area contributed by atoms with Crippen molar-refractivity contribution in [3.05, 3.63) is 34.3 Å². The molecule has 2 rings (SSSR count). The number of nitrogens with one attached hydrogen (secondary N) is 1. The van der Waals surface area contributed by atoms with E-state index >= 15 is 0 Å². The van der Waals surface area contributed by atoms with Gasteiger partial charge in [-0.1, -0.05) is 12.1 Å². The minimum Gasteiger partial charge on any atom is -0.360 e. The maximum Gasteiger partial charge on any atom is 0.273 e. The van der Waals surface area contributed by atoms with Gasteiger partial charge in [-0.25, -0.2) is 0 Å². The van der Waals surface area contributed by atoms with Gasteiger partial charge in [-0.2, -0.15) is 0 Å². The Balaban J connectivity index is 2.17. The van der Waals surface area contributed by atoms with Crippen LogP contribution in [0.2, 0.25) is 0 Å². The molecule has 0 saturated carbocycles.